The highest BCUT2D eigenvalue weighted by Crippen LogP contribution is 2.27. The first-order valence-electron chi connectivity index (χ1n) is 6.31. The number of nitrogens with zero attached hydrogens (tertiary/aromatic N) is 1. The van der Waals surface area contributed by atoms with Crippen molar-refractivity contribution in [3.05, 3.63) is 28.0 Å². The van der Waals surface area contributed by atoms with Crippen LogP contribution >= 0.6 is 15.9 Å². The largest absolute Gasteiger partial charge is 0.342 e. The topological polar surface area (TPSA) is 80.5 Å². The van der Waals surface area contributed by atoms with Crippen molar-refractivity contribution in [2.24, 2.45) is 11.1 Å². The van der Waals surface area contributed by atoms with Gasteiger partial charge in [0.05, 0.1) is 14.9 Å². The van der Waals surface area contributed by atoms with Crippen LogP contribution < -0.4 is 5.14 Å². The van der Waals surface area contributed by atoms with Crippen LogP contribution in [0.3, 0.4) is 0 Å². The molecule has 1 aromatic rings. The minimum Gasteiger partial charge on any atom is -0.342 e. The van der Waals surface area contributed by atoms with Crippen molar-refractivity contribution in [2.45, 2.75) is 25.2 Å². The van der Waals surface area contributed by atoms with Crippen LogP contribution in [0.4, 0.5) is 4.39 Å². The summed E-state index contributed by atoms with van der Waals surface area (Å²) in [5.74, 6) is -0.883. The van der Waals surface area contributed by atoms with Crippen LogP contribution in [0.15, 0.2) is 21.5 Å². The number of carbonyl (C=O) groups excluding carboxylic acids is 1. The molecule has 0 unspecified atom stereocenters. The van der Waals surface area contributed by atoms with E-state index in [0.717, 1.165) is 18.6 Å². The molecule has 1 rings (SSSR count). The maximum atomic E-state index is 13.6. The summed E-state index contributed by atoms with van der Waals surface area (Å²) in [6.45, 7) is 4.54. The Morgan fingerprint density at radius 2 is 2.00 bits per heavy atom. The fourth-order valence-corrected chi connectivity index (χ4v) is 3.40. The zero-order valence-corrected chi connectivity index (χ0v) is 14.5. The molecule has 0 aromatic heterocycles. The summed E-state index contributed by atoms with van der Waals surface area (Å²) in [6, 6.07) is 1.78. The number of hydrogen-bond acceptors (Lipinski definition) is 3. The van der Waals surface area contributed by atoms with Gasteiger partial charge in [-0.2, -0.15) is 0 Å². The molecular formula is C13H18BrFN2O3S. The van der Waals surface area contributed by atoms with Crippen molar-refractivity contribution in [2.75, 3.05) is 13.6 Å². The molecule has 21 heavy (non-hydrogen) atoms. The molecule has 118 valence electrons. The average molecular weight is 381 g/mol. The lowest BCUT2D eigenvalue weighted by Crippen LogP contribution is -2.29. The molecule has 0 aliphatic rings. The number of halogens is 2. The van der Waals surface area contributed by atoms with E-state index in [1.54, 1.807) is 7.05 Å². The van der Waals surface area contributed by atoms with Crippen molar-refractivity contribution in [3.8, 4) is 0 Å². The minimum absolute atomic E-state index is 0.0206. The van der Waals surface area contributed by atoms with Gasteiger partial charge in [0, 0.05) is 13.6 Å². The van der Waals surface area contributed by atoms with Gasteiger partial charge in [-0.1, -0.05) is 13.8 Å². The number of carbonyl (C=O) groups is 1. The summed E-state index contributed by atoms with van der Waals surface area (Å²) in [5, 5.41) is 5.02. The molecule has 0 saturated heterocycles. The fraction of sp³-hybridized carbons (Fsp3) is 0.462. The molecule has 1 aromatic carbocycles. The lowest BCUT2D eigenvalue weighted by Gasteiger charge is -2.19. The standard InChI is InChI=1S/C13H18BrFN2O3S/c1-8(2)4-5-17(3)13(18)10-6-9(15)7-11(12(10)14)21(16,19)20/h6-8H,4-5H2,1-3H3,(H2,16,19,20). The zero-order valence-electron chi connectivity index (χ0n) is 12.1. The maximum absolute atomic E-state index is 13.6. The molecule has 2 N–H and O–H groups in total. The Hall–Kier alpha value is -0.990. The Morgan fingerprint density at radius 1 is 1.43 bits per heavy atom. The molecule has 0 atom stereocenters. The molecular weight excluding hydrogens is 363 g/mol. The SMILES string of the molecule is CC(C)CCN(C)C(=O)c1cc(F)cc(S(N)(=O)=O)c1Br. The molecule has 0 radical (unpaired) electrons. The van der Waals surface area contributed by atoms with Gasteiger partial charge in [-0.3, -0.25) is 4.79 Å². The van der Waals surface area contributed by atoms with Gasteiger partial charge in [-0.25, -0.2) is 17.9 Å². The Labute approximate surface area is 132 Å². The summed E-state index contributed by atoms with van der Waals surface area (Å²) in [7, 11) is -2.54. The molecule has 0 aliphatic carbocycles. The minimum atomic E-state index is -4.12. The second-order valence-corrected chi connectivity index (χ2v) is 7.54. The number of primary sulfonamides is 1. The van der Waals surface area contributed by atoms with Crippen LogP contribution in [0.2, 0.25) is 0 Å². The van der Waals surface area contributed by atoms with Crippen LogP contribution in [0.5, 0.6) is 0 Å². The Morgan fingerprint density at radius 3 is 2.48 bits per heavy atom. The second kappa shape index (κ2) is 6.85. The van der Waals surface area contributed by atoms with E-state index >= 15 is 0 Å². The van der Waals surface area contributed by atoms with Gasteiger partial charge < -0.3 is 4.90 Å². The first-order chi connectivity index (χ1) is 9.54. The fourth-order valence-electron chi connectivity index (χ4n) is 1.69. The molecule has 0 fully saturated rings. The first kappa shape index (κ1) is 18.1. The Kier molecular flexibility index (Phi) is 5.89. The van der Waals surface area contributed by atoms with E-state index in [4.69, 9.17) is 5.14 Å². The molecule has 0 aliphatic heterocycles. The number of nitrogens with two attached hydrogens (primary N) is 1. The molecule has 1 amide bonds. The summed E-state index contributed by atoms with van der Waals surface area (Å²) >= 11 is 3.03. The average Bonchev–Trinajstić information content (AvgIpc) is 2.36. The first-order valence-corrected chi connectivity index (χ1v) is 8.65. The van der Waals surface area contributed by atoms with Gasteiger partial charge in [-0.15, -0.1) is 0 Å². The second-order valence-electron chi connectivity index (χ2n) is 5.22. The highest BCUT2D eigenvalue weighted by Gasteiger charge is 2.23. The number of hydrogen-bond donors (Lipinski definition) is 1. The molecule has 0 heterocycles. The monoisotopic (exact) mass is 380 g/mol. The normalized spacial score (nSPS) is 11.8. The van der Waals surface area contributed by atoms with Gasteiger partial charge in [0.1, 0.15) is 5.82 Å². The van der Waals surface area contributed by atoms with Gasteiger partial charge in [0.2, 0.25) is 10.0 Å². The van der Waals surface area contributed by atoms with Crippen molar-refractivity contribution >= 4 is 31.9 Å². The van der Waals surface area contributed by atoms with Crippen LogP contribution in [-0.2, 0) is 10.0 Å². The highest BCUT2D eigenvalue weighted by molar-refractivity contribution is 9.10. The van der Waals surface area contributed by atoms with Crippen molar-refractivity contribution < 1.29 is 17.6 Å². The molecule has 5 nitrogen and oxygen atoms in total. The van der Waals surface area contributed by atoms with E-state index in [2.05, 4.69) is 15.9 Å². The van der Waals surface area contributed by atoms with E-state index in [1.807, 2.05) is 13.8 Å². The Bertz CT molecular complexity index is 647. The molecule has 0 spiro atoms. The lowest BCUT2D eigenvalue weighted by molar-refractivity contribution is 0.0787. The van der Waals surface area contributed by atoms with E-state index < -0.39 is 26.6 Å². The summed E-state index contributed by atoms with van der Waals surface area (Å²) in [6.07, 6.45) is 0.789. The van der Waals surface area contributed by atoms with E-state index in [1.165, 1.54) is 4.90 Å². The highest BCUT2D eigenvalue weighted by atomic mass is 79.9. The Balaban J connectivity index is 3.19. The zero-order chi connectivity index (χ0) is 16.4. The lowest BCUT2D eigenvalue weighted by atomic mass is 10.1. The summed E-state index contributed by atoms with van der Waals surface area (Å²) < 4.78 is 36.4. The quantitative estimate of drug-likeness (QED) is 0.850. The van der Waals surface area contributed by atoms with Gasteiger partial charge in [0.15, 0.2) is 0 Å². The number of rotatable bonds is 5. The van der Waals surface area contributed by atoms with E-state index in [-0.39, 0.29) is 10.0 Å². The third kappa shape index (κ3) is 4.76. The third-order valence-corrected chi connectivity index (χ3v) is 4.98. The van der Waals surface area contributed by atoms with E-state index in [9.17, 15) is 17.6 Å². The van der Waals surface area contributed by atoms with Crippen LogP contribution in [-0.4, -0.2) is 32.8 Å². The van der Waals surface area contributed by atoms with Crippen molar-refractivity contribution in [3.63, 3.8) is 0 Å². The predicted octanol–water partition coefficient (Wildman–Crippen LogP) is 2.35. The smallest absolute Gasteiger partial charge is 0.254 e. The summed E-state index contributed by atoms with van der Waals surface area (Å²) in [4.78, 5) is 13.3. The predicted molar refractivity (Wildman–Crippen MR) is 81.9 cm³/mol. The van der Waals surface area contributed by atoms with Crippen molar-refractivity contribution in [1.29, 1.82) is 0 Å². The van der Waals surface area contributed by atoms with Crippen LogP contribution in [0.25, 0.3) is 0 Å². The number of amides is 1. The van der Waals surface area contributed by atoms with E-state index in [0.29, 0.717) is 12.5 Å². The molecule has 0 bridgehead atoms. The van der Waals surface area contributed by atoms with Gasteiger partial charge in [-0.05, 0) is 40.4 Å². The molecule has 8 heteroatoms. The van der Waals surface area contributed by atoms with Crippen molar-refractivity contribution in [1.82, 2.24) is 4.90 Å². The third-order valence-electron chi connectivity index (χ3n) is 2.93. The molecule has 0 saturated carbocycles. The number of sulfonamides is 1. The van der Waals surface area contributed by atoms with Gasteiger partial charge >= 0.3 is 0 Å². The summed E-state index contributed by atoms with van der Waals surface area (Å²) in [5.41, 5.74) is -0.0646. The maximum Gasteiger partial charge on any atom is 0.254 e. The van der Waals surface area contributed by atoms with Crippen LogP contribution in [0, 0.1) is 11.7 Å². The number of benzene rings is 1. The van der Waals surface area contributed by atoms with Gasteiger partial charge in [0.25, 0.3) is 5.91 Å². The van der Waals surface area contributed by atoms with Crippen LogP contribution in [0.1, 0.15) is 30.6 Å².